The van der Waals surface area contributed by atoms with Crippen molar-refractivity contribution < 1.29 is 4.79 Å². The number of carbonyl (C=O) groups excluding carboxylic acids is 1. The van der Waals surface area contributed by atoms with Crippen LogP contribution in [0.5, 0.6) is 0 Å². The maximum atomic E-state index is 12.3. The molecule has 2 heterocycles. The van der Waals surface area contributed by atoms with Crippen LogP contribution < -0.4 is 11.1 Å². The van der Waals surface area contributed by atoms with Crippen LogP contribution in [0.1, 0.15) is 57.8 Å². The Kier molecular flexibility index (Phi) is 3.87. The summed E-state index contributed by atoms with van der Waals surface area (Å²) in [6, 6.07) is 2.12. The SMILES string of the molecule is CC(N)c1nc(C(=O)NC2CCCc3sccc32)cs1. The van der Waals surface area contributed by atoms with Crippen molar-refractivity contribution in [2.24, 2.45) is 5.73 Å². The first-order valence-corrected chi connectivity index (χ1v) is 8.49. The highest BCUT2D eigenvalue weighted by Crippen LogP contribution is 2.33. The molecule has 1 amide bonds. The highest BCUT2D eigenvalue weighted by atomic mass is 32.1. The number of hydrogen-bond donors (Lipinski definition) is 2. The third-order valence-electron chi connectivity index (χ3n) is 3.50. The number of aryl methyl sites for hydroxylation is 1. The molecule has 1 aliphatic carbocycles. The summed E-state index contributed by atoms with van der Waals surface area (Å²) in [6.07, 6.45) is 3.26. The fourth-order valence-corrected chi connectivity index (χ4v) is 4.21. The molecule has 0 bridgehead atoms. The van der Waals surface area contributed by atoms with Crippen LogP contribution in [-0.4, -0.2) is 10.9 Å². The first kappa shape index (κ1) is 13.7. The standard InChI is InChI=1S/C14H17N3OS2/c1-8(15)14-17-11(7-20-14)13(18)16-10-3-2-4-12-9(10)5-6-19-12/h5-8,10H,2-4,15H2,1H3,(H,16,18). The van der Waals surface area contributed by atoms with Crippen LogP contribution in [0.2, 0.25) is 0 Å². The lowest BCUT2D eigenvalue weighted by molar-refractivity contribution is 0.0928. The summed E-state index contributed by atoms with van der Waals surface area (Å²) in [7, 11) is 0. The van der Waals surface area contributed by atoms with Crippen molar-refractivity contribution in [1.82, 2.24) is 10.3 Å². The zero-order chi connectivity index (χ0) is 14.1. The van der Waals surface area contributed by atoms with Gasteiger partial charge < -0.3 is 11.1 Å². The average Bonchev–Trinajstić information content (AvgIpc) is 3.08. The van der Waals surface area contributed by atoms with E-state index >= 15 is 0 Å². The van der Waals surface area contributed by atoms with Gasteiger partial charge in [0.25, 0.3) is 5.91 Å². The minimum absolute atomic E-state index is 0.0998. The Balaban J connectivity index is 1.74. The Hall–Kier alpha value is -1.24. The lowest BCUT2D eigenvalue weighted by Gasteiger charge is -2.23. The van der Waals surface area contributed by atoms with Crippen LogP contribution in [-0.2, 0) is 6.42 Å². The summed E-state index contributed by atoms with van der Waals surface area (Å²) in [5, 5.41) is 7.79. The summed E-state index contributed by atoms with van der Waals surface area (Å²) in [5.41, 5.74) is 7.53. The molecule has 106 valence electrons. The normalized spacial score (nSPS) is 19.4. The van der Waals surface area contributed by atoms with E-state index in [1.807, 2.05) is 6.92 Å². The van der Waals surface area contributed by atoms with Crippen LogP contribution in [0.4, 0.5) is 0 Å². The van der Waals surface area contributed by atoms with Crippen molar-refractivity contribution in [1.29, 1.82) is 0 Å². The van der Waals surface area contributed by atoms with Gasteiger partial charge in [-0.1, -0.05) is 0 Å². The van der Waals surface area contributed by atoms with Gasteiger partial charge in [-0.25, -0.2) is 4.98 Å². The van der Waals surface area contributed by atoms with Gasteiger partial charge in [0, 0.05) is 10.3 Å². The van der Waals surface area contributed by atoms with Crippen LogP contribution in [0.3, 0.4) is 0 Å². The van der Waals surface area contributed by atoms with Gasteiger partial charge in [0.2, 0.25) is 0 Å². The molecule has 0 saturated heterocycles. The summed E-state index contributed by atoms with van der Waals surface area (Å²) in [6.45, 7) is 1.87. The molecule has 20 heavy (non-hydrogen) atoms. The van der Waals surface area contributed by atoms with E-state index in [9.17, 15) is 4.79 Å². The summed E-state index contributed by atoms with van der Waals surface area (Å²) < 4.78 is 0. The maximum Gasteiger partial charge on any atom is 0.271 e. The van der Waals surface area contributed by atoms with Gasteiger partial charge in [0.15, 0.2) is 0 Å². The predicted octanol–water partition coefficient (Wildman–Crippen LogP) is 3.03. The molecule has 0 spiro atoms. The highest BCUT2D eigenvalue weighted by molar-refractivity contribution is 7.10. The van der Waals surface area contributed by atoms with E-state index in [2.05, 4.69) is 21.7 Å². The first-order chi connectivity index (χ1) is 9.65. The Labute approximate surface area is 126 Å². The highest BCUT2D eigenvalue weighted by Gasteiger charge is 2.24. The number of nitrogens with two attached hydrogens (primary N) is 1. The van der Waals surface area contributed by atoms with Crippen molar-refractivity contribution in [2.45, 2.75) is 38.3 Å². The molecule has 2 aromatic heterocycles. The minimum atomic E-state index is -0.125. The van der Waals surface area contributed by atoms with E-state index < -0.39 is 0 Å². The first-order valence-electron chi connectivity index (χ1n) is 6.73. The number of fused-ring (bicyclic) bond motifs is 1. The van der Waals surface area contributed by atoms with Crippen molar-refractivity contribution in [3.8, 4) is 0 Å². The van der Waals surface area contributed by atoms with Gasteiger partial charge in [0.1, 0.15) is 10.7 Å². The summed E-state index contributed by atoms with van der Waals surface area (Å²) in [5.74, 6) is -0.0998. The molecule has 0 aliphatic heterocycles. The van der Waals surface area contributed by atoms with Gasteiger partial charge in [-0.2, -0.15) is 0 Å². The maximum absolute atomic E-state index is 12.3. The lowest BCUT2D eigenvalue weighted by Crippen LogP contribution is -2.30. The molecule has 0 radical (unpaired) electrons. The van der Waals surface area contributed by atoms with Crippen LogP contribution in [0, 0.1) is 0 Å². The van der Waals surface area contributed by atoms with Gasteiger partial charge in [-0.15, -0.1) is 22.7 Å². The number of thiazole rings is 1. The number of nitrogens with one attached hydrogen (secondary N) is 1. The number of amides is 1. The molecule has 2 atom stereocenters. The molecule has 0 fully saturated rings. The van der Waals surface area contributed by atoms with Gasteiger partial charge in [-0.05, 0) is 43.2 Å². The van der Waals surface area contributed by atoms with Crippen LogP contribution in [0.15, 0.2) is 16.8 Å². The number of aromatic nitrogens is 1. The smallest absolute Gasteiger partial charge is 0.271 e. The Morgan fingerprint density at radius 3 is 3.15 bits per heavy atom. The van der Waals surface area contributed by atoms with Crippen molar-refractivity contribution in [3.05, 3.63) is 38.0 Å². The van der Waals surface area contributed by atoms with E-state index in [0.29, 0.717) is 5.69 Å². The Morgan fingerprint density at radius 2 is 2.40 bits per heavy atom. The Bertz CT molecular complexity index is 617. The topological polar surface area (TPSA) is 68.0 Å². The fourth-order valence-electron chi connectivity index (χ4n) is 2.47. The molecule has 0 saturated carbocycles. The molecular weight excluding hydrogens is 290 g/mol. The van der Waals surface area contributed by atoms with Gasteiger partial charge >= 0.3 is 0 Å². The molecule has 6 heteroatoms. The molecule has 2 unspecified atom stereocenters. The lowest BCUT2D eigenvalue weighted by atomic mass is 9.94. The van der Waals surface area contributed by atoms with E-state index in [-0.39, 0.29) is 18.0 Å². The van der Waals surface area contributed by atoms with Crippen LogP contribution in [0.25, 0.3) is 0 Å². The third kappa shape index (κ3) is 2.63. The van der Waals surface area contributed by atoms with Crippen molar-refractivity contribution in [2.75, 3.05) is 0 Å². The molecular formula is C14H17N3OS2. The van der Waals surface area contributed by atoms with Crippen LogP contribution >= 0.6 is 22.7 Å². The summed E-state index contributed by atoms with van der Waals surface area (Å²) in [4.78, 5) is 18.0. The van der Waals surface area contributed by atoms with Gasteiger partial charge in [0.05, 0.1) is 12.1 Å². The zero-order valence-electron chi connectivity index (χ0n) is 11.3. The summed E-state index contributed by atoms with van der Waals surface area (Å²) >= 11 is 3.22. The van der Waals surface area contributed by atoms with Crippen molar-refractivity contribution in [3.63, 3.8) is 0 Å². The average molecular weight is 307 g/mol. The molecule has 1 aliphatic rings. The number of carbonyl (C=O) groups is 1. The van der Waals surface area contributed by atoms with Crippen molar-refractivity contribution >= 4 is 28.6 Å². The van der Waals surface area contributed by atoms with E-state index in [4.69, 9.17) is 5.73 Å². The predicted molar refractivity (Wildman–Crippen MR) is 82.2 cm³/mol. The largest absolute Gasteiger partial charge is 0.344 e. The van der Waals surface area contributed by atoms with Gasteiger partial charge in [-0.3, -0.25) is 4.79 Å². The van der Waals surface area contributed by atoms with E-state index in [1.54, 1.807) is 16.7 Å². The third-order valence-corrected chi connectivity index (χ3v) is 5.54. The number of rotatable bonds is 3. The molecule has 4 nitrogen and oxygen atoms in total. The number of nitrogens with zero attached hydrogens (tertiary/aromatic N) is 1. The monoisotopic (exact) mass is 307 g/mol. The molecule has 3 rings (SSSR count). The second-order valence-corrected chi connectivity index (χ2v) is 6.97. The quantitative estimate of drug-likeness (QED) is 0.916. The number of thiophene rings is 1. The second kappa shape index (κ2) is 5.63. The fraction of sp³-hybridized carbons (Fsp3) is 0.429. The molecule has 3 N–H and O–H groups in total. The number of hydrogen-bond acceptors (Lipinski definition) is 5. The minimum Gasteiger partial charge on any atom is -0.344 e. The molecule has 2 aromatic rings. The molecule has 0 aromatic carbocycles. The van der Waals surface area contributed by atoms with E-state index in [1.165, 1.54) is 21.8 Å². The Morgan fingerprint density at radius 1 is 1.55 bits per heavy atom. The van der Waals surface area contributed by atoms with E-state index in [0.717, 1.165) is 24.3 Å². The zero-order valence-corrected chi connectivity index (χ0v) is 12.9. The second-order valence-electron chi connectivity index (χ2n) is 5.08.